The average Bonchev–Trinajstić information content (AvgIpc) is 1.30. The lowest BCUT2D eigenvalue weighted by molar-refractivity contribution is -0.145. The van der Waals surface area contributed by atoms with Crippen LogP contribution in [0.25, 0.3) is 0 Å². The molecule has 1 heterocycles. The second-order valence-corrected chi connectivity index (χ2v) is 28.0. The molecular weight excluding hydrogens is 1380 g/mol. The van der Waals surface area contributed by atoms with E-state index in [2.05, 4.69) is 69.1 Å². The summed E-state index contributed by atoms with van der Waals surface area (Å²) in [6.45, 7) is 14.8. The molecule has 27 N–H and O–H groups in total. The highest BCUT2D eigenvalue weighted by atomic mass is 16.4. The van der Waals surface area contributed by atoms with Crippen molar-refractivity contribution in [2.24, 2.45) is 46.4 Å². The van der Waals surface area contributed by atoms with E-state index in [0.29, 0.717) is 50.8 Å². The number of aliphatic carboxylic acids is 1. The fraction of sp³-hybridized carbons (Fsp3) is 0.696. The molecule has 0 radical (unpaired) electrons. The number of nitrogens with two attached hydrogens (primary N) is 5. The number of rotatable bonds is 51. The molecule has 2 rings (SSSR count). The van der Waals surface area contributed by atoms with Gasteiger partial charge in [0.15, 0.2) is 6.04 Å². The van der Waals surface area contributed by atoms with Gasteiger partial charge in [0.1, 0.15) is 72.2 Å². The van der Waals surface area contributed by atoms with Crippen molar-refractivity contribution in [3.8, 4) is 5.75 Å². The maximum absolute atomic E-state index is 14.5. The molecule has 37 heteroatoms. The Balaban J connectivity index is 2.49. The Bertz CT molecular complexity index is 3080. The number of phenolic OH excluding ortho intramolecular Hbond substituents is 1. The quantitative estimate of drug-likeness (QED) is 0.0271. The van der Waals surface area contributed by atoms with E-state index in [0.717, 1.165) is 20.3 Å². The maximum atomic E-state index is 14.5. The molecule has 0 aromatic heterocycles. The van der Waals surface area contributed by atoms with Gasteiger partial charge >= 0.3 is 5.97 Å². The molecule has 1 saturated heterocycles. The van der Waals surface area contributed by atoms with Crippen LogP contribution in [-0.2, 0) is 78.3 Å². The summed E-state index contributed by atoms with van der Waals surface area (Å²) in [6.07, 6.45) is -2.13. The van der Waals surface area contributed by atoms with Crippen molar-refractivity contribution in [3.05, 3.63) is 29.8 Å². The molecular formula is C69H118N18O19. The van der Waals surface area contributed by atoms with Crippen LogP contribution in [0.1, 0.15) is 171 Å². The highest BCUT2D eigenvalue weighted by Crippen LogP contribution is 2.17. The summed E-state index contributed by atoms with van der Waals surface area (Å²) in [7, 11) is 0. The van der Waals surface area contributed by atoms with E-state index in [1.807, 2.05) is 0 Å². The van der Waals surface area contributed by atoms with Crippen molar-refractivity contribution in [2.75, 3.05) is 26.2 Å². The minimum atomic E-state index is -1.98. The normalized spacial score (nSPS) is 16.7. The molecule has 14 amide bonds. The molecule has 106 heavy (non-hydrogen) atoms. The Hall–Kier alpha value is -9.17. The largest absolute Gasteiger partial charge is 0.508 e. The number of aromatic hydroxyl groups is 1. The monoisotopic (exact) mass is 1500 g/mol. The smallest absolute Gasteiger partial charge is 0.328 e. The van der Waals surface area contributed by atoms with Crippen molar-refractivity contribution in [1.82, 2.24) is 69.1 Å². The zero-order chi connectivity index (χ0) is 80.1. The number of carboxylic acids is 1. The number of aliphatic hydroxyl groups is 2. The number of carbonyl (C=O) groups is 15. The van der Waals surface area contributed by atoms with Gasteiger partial charge in [-0.15, -0.1) is 0 Å². The molecule has 1 aliphatic rings. The molecule has 0 unspecified atom stereocenters. The summed E-state index contributed by atoms with van der Waals surface area (Å²) >= 11 is 0. The van der Waals surface area contributed by atoms with Gasteiger partial charge in [-0.25, -0.2) is 4.79 Å². The van der Waals surface area contributed by atoms with Crippen LogP contribution in [0.3, 0.4) is 0 Å². The highest BCUT2D eigenvalue weighted by molar-refractivity contribution is 6.01. The summed E-state index contributed by atoms with van der Waals surface area (Å²) < 4.78 is 0. The molecule has 37 nitrogen and oxygen atoms in total. The van der Waals surface area contributed by atoms with Crippen LogP contribution in [0, 0.1) is 17.8 Å². The van der Waals surface area contributed by atoms with E-state index in [1.165, 1.54) is 31.2 Å². The third kappa shape index (κ3) is 34.4. The Morgan fingerprint density at radius 3 is 1.24 bits per heavy atom. The molecule has 1 aliphatic heterocycles. The molecule has 0 aliphatic carbocycles. The number of hydrogen-bond acceptors (Lipinski definition) is 22. The molecule has 0 saturated carbocycles. The number of aliphatic hydroxyl groups excluding tert-OH is 2. The zero-order valence-corrected chi connectivity index (χ0v) is 62.4. The topological polar surface area (TPSA) is 623 Å². The molecule has 0 bridgehead atoms. The van der Waals surface area contributed by atoms with Crippen molar-refractivity contribution in [1.29, 1.82) is 0 Å². The van der Waals surface area contributed by atoms with E-state index >= 15 is 0 Å². The summed E-state index contributed by atoms with van der Waals surface area (Å²) in [5.41, 5.74) is 28.8. The number of unbranched alkanes of at least 4 members (excludes halogenated alkanes) is 3. The SMILES string of the molecule is CC(C)C[C@H](NC(=O)[C@H](CCCCN)NC(=O)[C@H](CC(C)C)NC(=O)[C@@H](NC(=O)[C@@H](CC(N)=O)NC(=O)[C@H](CCC(N)=O)NC(=O)[C@H](CCCCN)NC(=O)[C@@H](NC(=O)[C@H](Cc1ccc(O)cc1)NC(=O)[C@H](CCCCN)NC(=O)[C@@H]1CCCN1)C(C)C)[C@@H](C)O)C(=O)N[C@@H](C)C(=O)N[C@H](C(=O)O)[C@@H](C)O. The molecule has 598 valence electrons. The fourth-order valence-corrected chi connectivity index (χ4v) is 11.3. The molecule has 15 atom stereocenters. The minimum Gasteiger partial charge on any atom is -0.508 e. The third-order valence-electron chi connectivity index (χ3n) is 17.3. The number of amides is 14. The summed E-state index contributed by atoms with van der Waals surface area (Å²) in [5, 5.41) is 73.7. The van der Waals surface area contributed by atoms with Crippen LogP contribution < -0.4 is 97.8 Å². The van der Waals surface area contributed by atoms with Crippen LogP contribution in [0.2, 0.25) is 0 Å². The second-order valence-electron chi connectivity index (χ2n) is 28.0. The number of carboxylic acid groups (broad SMARTS) is 1. The Labute approximate surface area is 618 Å². The van der Waals surface area contributed by atoms with Gasteiger partial charge in [0.25, 0.3) is 0 Å². The first-order valence-electron chi connectivity index (χ1n) is 36.3. The first-order valence-corrected chi connectivity index (χ1v) is 36.3. The Kier molecular flexibility index (Phi) is 42.2. The zero-order valence-electron chi connectivity index (χ0n) is 62.4. The maximum Gasteiger partial charge on any atom is 0.328 e. The first kappa shape index (κ1) is 92.9. The van der Waals surface area contributed by atoms with Crippen LogP contribution in [0.15, 0.2) is 24.3 Å². The van der Waals surface area contributed by atoms with E-state index in [4.69, 9.17) is 28.7 Å². The number of benzene rings is 1. The predicted octanol–water partition coefficient (Wildman–Crippen LogP) is -5.35. The van der Waals surface area contributed by atoms with Gasteiger partial charge in [0, 0.05) is 12.8 Å². The van der Waals surface area contributed by atoms with Crippen LogP contribution in [-0.4, -0.2) is 226 Å². The van der Waals surface area contributed by atoms with Crippen LogP contribution in [0.5, 0.6) is 5.75 Å². The van der Waals surface area contributed by atoms with Crippen molar-refractivity contribution < 1.29 is 92.3 Å². The fourth-order valence-electron chi connectivity index (χ4n) is 11.3. The van der Waals surface area contributed by atoms with Crippen molar-refractivity contribution in [2.45, 2.75) is 262 Å². The number of hydrogen-bond donors (Lipinski definition) is 22. The van der Waals surface area contributed by atoms with Gasteiger partial charge in [0.05, 0.1) is 24.7 Å². The summed E-state index contributed by atoms with van der Waals surface area (Å²) in [6, 6.07) is -13.1. The van der Waals surface area contributed by atoms with Gasteiger partial charge in [-0.2, -0.15) is 0 Å². The second kappa shape index (κ2) is 48.1. The molecule has 1 aromatic rings. The van der Waals surface area contributed by atoms with Gasteiger partial charge < -0.3 is 118 Å². The van der Waals surface area contributed by atoms with E-state index in [-0.39, 0.29) is 82.0 Å². The standard InChI is InChI=1S/C69H118N18O19/c1-35(2)31-48(63(99)76-38(7)57(93)87-56(40(9)89)69(105)106)81-60(96)45(18-11-14-28-71)78-64(100)49(32-36(3)4)84-68(104)55(39(8)88)86-66(102)51(34-53(74)92)83-62(98)47(25-26-52(73)91)79-59(95)46(19-12-15-29-72)80-67(103)54(37(5)6)85-65(101)50(33-41-21-23-42(90)24-22-41)82-61(97)44(17-10-13-27-70)77-58(94)43-20-16-30-75-43/h21-24,35-40,43-51,54-56,75,88-90H,10-20,25-34,70-72H2,1-9H3,(H2,73,91)(H2,74,92)(H,76,99)(H,77,94)(H,78,100)(H,79,95)(H,80,103)(H,81,96)(H,82,97)(H,83,98)(H,84,104)(H,85,101)(H,86,102)(H,87,93)(H,105,106)/t38-,39+,40+,43-,44-,45-,46-,47-,48-,49-,50-,51+,54-,55-,56-/m0/s1. The predicted molar refractivity (Wildman–Crippen MR) is 387 cm³/mol. The van der Waals surface area contributed by atoms with Gasteiger partial charge in [0.2, 0.25) is 82.7 Å². The lowest BCUT2D eigenvalue weighted by Crippen LogP contribution is -2.62. The number of carbonyl (C=O) groups excluding carboxylic acids is 14. The molecule has 1 aromatic carbocycles. The lowest BCUT2D eigenvalue weighted by Gasteiger charge is -2.30. The number of nitrogens with one attached hydrogen (secondary N) is 13. The Morgan fingerprint density at radius 2 is 0.811 bits per heavy atom. The third-order valence-corrected chi connectivity index (χ3v) is 17.3. The molecule has 1 fully saturated rings. The summed E-state index contributed by atoms with van der Waals surface area (Å²) in [4.78, 5) is 206. The van der Waals surface area contributed by atoms with E-state index < -0.39 is 205 Å². The minimum absolute atomic E-state index is 0.0131. The van der Waals surface area contributed by atoms with Gasteiger partial charge in [-0.1, -0.05) is 53.7 Å². The highest BCUT2D eigenvalue weighted by Gasteiger charge is 2.39. The van der Waals surface area contributed by atoms with Crippen LogP contribution >= 0.6 is 0 Å². The lowest BCUT2D eigenvalue weighted by atomic mass is 9.99. The number of primary amides is 2. The van der Waals surface area contributed by atoms with Crippen molar-refractivity contribution >= 4 is 88.7 Å². The van der Waals surface area contributed by atoms with E-state index in [1.54, 1.807) is 41.5 Å². The first-order chi connectivity index (χ1) is 49.8. The number of phenols is 1. The summed E-state index contributed by atoms with van der Waals surface area (Å²) in [5.74, 6) is -16.2. The average molecular weight is 1500 g/mol. The van der Waals surface area contributed by atoms with E-state index in [9.17, 15) is 92.3 Å². The van der Waals surface area contributed by atoms with Crippen LogP contribution in [0.4, 0.5) is 0 Å². The van der Waals surface area contributed by atoms with Gasteiger partial charge in [-0.3, -0.25) is 67.1 Å². The Morgan fingerprint density at radius 1 is 0.434 bits per heavy atom. The van der Waals surface area contributed by atoms with Crippen molar-refractivity contribution in [3.63, 3.8) is 0 Å². The van der Waals surface area contributed by atoms with Gasteiger partial charge in [-0.05, 0) is 172 Å². The molecule has 0 spiro atoms.